The van der Waals surface area contributed by atoms with Crippen LogP contribution in [-0.4, -0.2) is 51.1 Å². The molecule has 170 valence electrons. The molecule has 1 aromatic carbocycles. The average Bonchev–Trinajstić information content (AvgIpc) is 3.17. The highest BCUT2D eigenvalue weighted by atomic mass is 32.2. The predicted molar refractivity (Wildman–Crippen MR) is 120 cm³/mol. The molecule has 1 aliphatic rings. The average molecular weight is 459 g/mol. The Labute approximate surface area is 185 Å². The minimum absolute atomic E-state index is 0.0367. The summed E-state index contributed by atoms with van der Waals surface area (Å²) in [7, 11) is -0.526. The second kappa shape index (κ2) is 8.83. The van der Waals surface area contributed by atoms with Crippen molar-refractivity contribution in [3.8, 4) is 0 Å². The Morgan fingerprint density at radius 2 is 1.94 bits per heavy atom. The summed E-state index contributed by atoms with van der Waals surface area (Å²) < 4.78 is 30.7. The number of nitrogens with zero attached hydrogens (tertiary/aromatic N) is 5. The third-order valence-corrected chi connectivity index (χ3v) is 7.91. The van der Waals surface area contributed by atoms with Gasteiger partial charge in [0.2, 0.25) is 15.9 Å². The molecule has 2 heterocycles. The predicted octanol–water partition coefficient (Wildman–Crippen LogP) is 1.72. The number of nitrogens with one attached hydrogen (secondary N) is 1. The second-order valence-electron chi connectivity index (χ2n) is 8.04. The molecule has 4 rings (SSSR count). The fourth-order valence-electron chi connectivity index (χ4n) is 4.11. The third-order valence-electron chi connectivity index (χ3n) is 5.94. The fraction of sp³-hybridized carbons (Fsp3) is 0.429. The van der Waals surface area contributed by atoms with E-state index in [2.05, 4.69) is 15.4 Å². The van der Waals surface area contributed by atoms with Crippen LogP contribution in [0.25, 0.3) is 11.0 Å². The lowest BCUT2D eigenvalue weighted by Crippen LogP contribution is -2.38. The zero-order valence-electron chi connectivity index (χ0n) is 18.1. The van der Waals surface area contributed by atoms with Crippen molar-refractivity contribution in [1.82, 2.24) is 23.6 Å². The summed E-state index contributed by atoms with van der Waals surface area (Å²) in [5.41, 5.74) is 0.216. The zero-order chi connectivity index (χ0) is 22.9. The minimum atomic E-state index is -3.80. The van der Waals surface area contributed by atoms with Crippen LogP contribution in [0.5, 0.6) is 0 Å². The maximum Gasteiger partial charge on any atom is 0.264 e. The van der Waals surface area contributed by atoms with Gasteiger partial charge in [-0.25, -0.2) is 13.4 Å². The van der Waals surface area contributed by atoms with Crippen LogP contribution in [0.2, 0.25) is 0 Å². The van der Waals surface area contributed by atoms with Crippen molar-refractivity contribution in [2.24, 2.45) is 7.05 Å². The lowest BCUT2D eigenvalue weighted by atomic mass is 9.96. The van der Waals surface area contributed by atoms with Crippen LogP contribution in [0.15, 0.2) is 46.5 Å². The molecule has 1 amide bonds. The molecule has 10 nitrogen and oxygen atoms in total. The molecule has 0 aliphatic heterocycles. The number of benzene rings is 1. The minimum Gasteiger partial charge on any atom is -0.323 e. The van der Waals surface area contributed by atoms with Gasteiger partial charge in [0.1, 0.15) is 23.2 Å². The van der Waals surface area contributed by atoms with Gasteiger partial charge in [0, 0.05) is 20.1 Å². The number of hydrogen-bond donors (Lipinski definition) is 1. The smallest absolute Gasteiger partial charge is 0.264 e. The van der Waals surface area contributed by atoms with Gasteiger partial charge in [0.25, 0.3) is 5.56 Å². The molecule has 1 fully saturated rings. The monoisotopic (exact) mass is 458 g/mol. The summed E-state index contributed by atoms with van der Waals surface area (Å²) in [6, 6.07) is 6.27. The molecule has 0 atom stereocenters. The second-order valence-corrected chi connectivity index (χ2v) is 10.0. The van der Waals surface area contributed by atoms with Crippen molar-refractivity contribution in [2.75, 3.05) is 12.4 Å². The standard InChI is InChI=1S/C21H26N6O4S/c1-25-20-16(12-23-25)21(29)27(14-22-20)13-19(28)24-17-10-6-7-11-18(17)32(30,31)26(2)15-8-4-3-5-9-15/h6-7,10-12,14-15H,3-5,8-9,13H2,1-2H3,(H,24,28). The number of sulfonamides is 1. The molecule has 0 bridgehead atoms. The van der Waals surface area contributed by atoms with E-state index in [4.69, 9.17) is 0 Å². The Morgan fingerprint density at radius 3 is 2.69 bits per heavy atom. The van der Waals surface area contributed by atoms with Crippen molar-refractivity contribution in [3.63, 3.8) is 0 Å². The van der Waals surface area contributed by atoms with Gasteiger partial charge < -0.3 is 5.32 Å². The Kier molecular flexibility index (Phi) is 6.11. The summed E-state index contributed by atoms with van der Waals surface area (Å²) in [5.74, 6) is -0.528. The van der Waals surface area contributed by atoms with Gasteiger partial charge in [-0.05, 0) is 25.0 Å². The molecular weight excluding hydrogens is 432 g/mol. The largest absolute Gasteiger partial charge is 0.323 e. The number of amides is 1. The van der Waals surface area contributed by atoms with Gasteiger partial charge in [-0.1, -0.05) is 31.4 Å². The van der Waals surface area contributed by atoms with Crippen LogP contribution in [-0.2, 0) is 28.4 Å². The number of anilines is 1. The molecule has 32 heavy (non-hydrogen) atoms. The van der Waals surface area contributed by atoms with Crippen molar-refractivity contribution < 1.29 is 13.2 Å². The van der Waals surface area contributed by atoms with Crippen LogP contribution >= 0.6 is 0 Å². The summed E-state index contributed by atoms with van der Waals surface area (Å²) in [6.07, 6.45) is 7.48. The highest BCUT2D eigenvalue weighted by Crippen LogP contribution is 2.29. The molecule has 1 saturated carbocycles. The van der Waals surface area contributed by atoms with E-state index < -0.39 is 21.5 Å². The van der Waals surface area contributed by atoms with E-state index in [-0.39, 0.29) is 23.2 Å². The zero-order valence-corrected chi connectivity index (χ0v) is 18.9. The van der Waals surface area contributed by atoms with E-state index in [1.54, 1.807) is 32.3 Å². The van der Waals surface area contributed by atoms with E-state index in [0.29, 0.717) is 11.0 Å². The lowest BCUT2D eigenvalue weighted by Gasteiger charge is -2.30. The number of fused-ring (bicyclic) bond motifs is 1. The first-order valence-electron chi connectivity index (χ1n) is 10.5. The van der Waals surface area contributed by atoms with Crippen molar-refractivity contribution in [3.05, 3.63) is 47.1 Å². The maximum absolute atomic E-state index is 13.3. The van der Waals surface area contributed by atoms with Gasteiger partial charge in [0.15, 0.2) is 5.65 Å². The molecular formula is C21H26N6O4S. The summed E-state index contributed by atoms with van der Waals surface area (Å²) in [6.45, 7) is -0.302. The Morgan fingerprint density at radius 1 is 1.22 bits per heavy atom. The molecule has 2 aromatic heterocycles. The maximum atomic E-state index is 13.3. The van der Waals surface area contributed by atoms with Crippen LogP contribution in [0.3, 0.4) is 0 Å². The van der Waals surface area contributed by atoms with Crippen LogP contribution < -0.4 is 10.9 Å². The van der Waals surface area contributed by atoms with E-state index in [1.807, 2.05) is 0 Å². The highest BCUT2D eigenvalue weighted by molar-refractivity contribution is 7.89. The number of carbonyl (C=O) groups is 1. The number of rotatable bonds is 6. The third kappa shape index (κ3) is 4.17. The number of aromatic nitrogens is 4. The van der Waals surface area contributed by atoms with Gasteiger partial charge in [0.05, 0.1) is 11.9 Å². The normalized spacial score (nSPS) is 15.3. The summed E-state index contributed by atoms with van der Waals surface area (Å²) in [5, 5.41) is 6.96. The summed E-state index contributed by atoms with van der Waals surface area (Å²) in [4.78, 5) is 29.5. The van der Waals surface area contributed by atoms with Crippen molar-refractivity contribution in [2.45, 2.75) is 49.6 Å². The molecule has 0 spiro atoms. The van der Waals surface area contributed by atoms with Gasteiger partial charge in [-0.3, -0.25) is 18.8 Å². The van der Waals surface area contributed by atoms with Gasteiger partial charge in [-0.2, -0.15) is 9.40 Å². The highest BCUT2D eigenvalue weighted by Gasteiger charge is 2.31. The summed E-state index contributed by atoms with van der Waals surface area (Å²) >= 11 is 0. The van der Waals surface area contributed by atoms with Crippen LogP contribution in [0, 0.1) is 0 Å². The van der Waals surface area contributed by atoms with E-state index in [0.717, 1.165) is 32.1 Å². The molecule has 0 radical (unpaired) electrons. The fourth-order valence-corrected chi connectivity index (χ4v) is 5.68. The number of hydrogen-bond acceptors (Lipinski definition) is 6. The Bertz CT molecular complexity index is 1310. The quantitative estimate of drug-likeness (QED) is 0.601. The first kappa shape index (κ1) is 22.2. The topological polar surface area (TPSA) is 119 Å². The molecule has 0 saturated heterocycles. The number of aryl methyl sites for hydroxylation is 1. The SMILES string of the molecule is CN(C1CCCCC1)S(=O)(=O)c1ccccc1NC(=O)Cn1cnc2c(cnn2C)c1=O. The van der Waals surface area contributed by atoms with Crippen molar-refractivity contribution >= 4 is 32.7 Å². The van der Waals surface area contributed by atoms with Gasteiger partial charge >= 0.3 is 0 Å². The first-order chi connectivity index (χ1) is 15.3. The van der Waals surface area contributed by atoms with Crippen LogP contribution in [0.1, 0.15) is 32.1 Å². The number of para-hydroxylation sites is 1. The molecule has 1 aliphatic carbocycles. The van der Waals surface area contributed by atoms with E-state index >= 15 is 0 Å². The Hall–Kier alpha value is -3.05. The number of carbonyl (C=O) groups excluding carboxylic acids is 1. The van der Waals surface area contributed by atoms with Crippen molar-refractivity contribution in [1.29, 1.82) is 0 Å². The Balaban J connectivity index is 1.56. The molecule has 1 N–H and O–H groups in total. The molecule has 0 unspecified atom stereocenters. The lowest BCUT2D eigenvalue weighted by molar-refractivity contribution is -0.116. The van der Waals surface area contributed by atoms with Gasteiger partial charge in [-0.15, -0.1) is 0 Å². The molecule has 3 aromatic rings. The van der Waals surface area contributed by atoms with E-state index in [9.17, 15) is 18.0 Å². The van der Waals surface area contributed by atoms with E-state index in [1.165, 1.54) is 32.1 Å². The molecule has 11 heteroatoms. The van der Waals surface area contributed by atoms with Crippen LogP contribution in [0.4, 0.5) is 5.69 Å². The first-order valence-corrected chi connectivity index (χ1v) is 12.0.